The van der Waals surface area contributed by atoms with Gasteiger partial charge in [0.05, 0.1) is 11.4 Å². The van der Waals surface area contributed by atoms with Gasteiger partial charge in [-0.05, 0) is 61.9 Å². The van der Waals surface area contributed by atoms with E-state index in [9.17, 15) is 13.2 Å². The Morgan fingerprint density at radius 3 is 2.35 bits per heavy atom. The number of likely N-dealkylation sites (N-methyl/N-ethyl adjacent to an activating group) is 1. The van der Waals surface area contributed by atoms with Crippen LogP contribution in [0.15, 0.2) is 47.4 Å². The number of fused-ring (bicyclic) bond motifs is 1. The fourth-order valence-corrected chi connectivity index (χ4v) is 5.93. The van der Waals surface area contributed by atoms with Gasteiger partial charge in [-0.2, -0.15) is 4.31 Å². The summed E-state index contributed by atoms with van der Waals surface area (Å²) in [7, 11) is -0.0175. The van der Waals surface area contributed by atoms with Crippen LogP contribution in [-0.4, -0.2) is 63.4 Å². The smallest absolute Gasteiger partial charge is 0.243 e. The van der Waals surface area contributed by atoms with Crippen LogP contribution in [0.4, 0.5) is 5.69 Å². The summed E-state index contributed by atoms with van der Waals surface area (Å²) in [5, 5.41) is 2.85. The monoisotopic (exact) mass is 487 g/mol. The lowest BCUT2D eigenvalue weighted by Crippen LogP contribution is -2.38. The Hall–Kier alpha value is -2.62. The molecule has 0 unspecified atom stereocenters. The lowest BCUT2D eigenvalue weighted by molar-refractivity contribution is -0.117. The molecule has 1 aliphatic heterocycles. The summed E-state index contributed by atoms with van der Waals surface area (Å²) >= 11 is 0. The molecule has 1 N–H and O–H groups in total. The van der Waals surface area contributed by atoms with Crippen molar-refractivity contribution in [1.82, 2.24) is 9.21 Å². The molecule has 9 heteroatoms. The molecule has 2 aromatic rings. The second kappa shape index (κ2) is 10.8. The molecule has 0 aromatic heterocycles. The number of hydrogen-bond donors (Lipinski definition) is 1. The average Bonchev–Trinajstić information content (AvgIpc) is 2.84. The second-order valence-corrected chi connectivity index (χ2v) is 11.0. The predicted octanol–water partition coefficient (Wildman–Crippen LogP) is 3.48. The quantitative estimate of drug-likeness (QED) is 0.613. The number of carbonyl (C=O) groups excluding carboxylic acids is 1. The average molecular weight is 488 g/mol. The first-order valence-electron chi connectivity index (χ1n) is 11.8. The summed E-state index contributed by atoms with van der Waals surface area (Å²) in [5.74, 6) is 1.30. The zero-order valence-electron chi connectivity index (χ0n) is 19.8. The van der Waals surface area contributed by atoms with Crippen LogP contribution in [0.1, 0.15) is 37.7 Å². The number of amides is 1. The summed E-state index contributed by atoms with van der Waals surface area (Å²) in [6.07, 6.45) is 5.12. The van der Waals surface area contributed by atoms with Crippen LogP contribution in [0.2, 0.25) is 0 Å². The van der Waals surface area contributed by atoms with Crippen molar-refractivity contribution in [3.8, 4) is 11.5 Å². The molecule has 34 heavy (non-hydrogen) atoms. The largest absolute Gasteiger partial charge is 0.486 e. The maximum absolute atomic E-state index is 13.0. The molecule has 2 aromatic carbocycles. The predicted molar refractivity (Wildman–Crippen MR) is 131 cm³/mol. The van der Waals surface area contributed by atoms with Crippen molar-refractivity contribution in [3.05, 3.63) is 48.0 Å². The van der Waals surface area contributed by atoms with Gasteiger partial charge in [0.15, 0.2) is 11.5 Å². The van der Waals surface area contributed by atoms with Crippen LogP contribution in [0.3, 0.4) is 0 Å². The first-order chi connectivity index (χ1) is 16.3. The standard InChI is InChI=1S/C25H33N3O5S/c1-27(17-19-8-13-23-24(16-19)33-15-14-32-23)18-25(29)26-20-9-11-22(12-10-20)34(30,31)28(2)21-6-4-3-5-7-21/h8-13,16,21H,3-7,14-15,17-18H2,1-2H3,(H,26,29). The third-order valence-corrected chi connectivity index (χ3v) is 8.30. The molecule has 1 heterocycles. The van der Waals surface area contributed by atoms with E-state index in [-0.39, 0.29) is 23.4 Å². The van der Waals surface area contributed by atoms with Crippen molar-refractivity contribution in [1.29, 1.82) is 0 Å². The van der Waals surface area contributed by atoms with E-state index in [1.807, 2.05) is 30.1 Å². The molecule has 1 amide bonds. The zero-order chi connectivity index (χ0) is 24.1. The summed E-state index contributed by atoms with van der Waals surface area (Å²) in [4.78, 5) is 14.7. The van der Waals surface area contributed by atoms with Crippen LogP contribution >= 0.6 is 0 Å². The minimum Gasteiger partial charge on any atom is -0.486 e. The molecule has 0 spiro atoms. The molecule has 0 atom stereocenters. The highest BCUT2D eigenvalue weighted by atomic mass is 32.2. The molecule has 8 nitrogen and oxygen atoms in total. The minimum absolute atomic E-state index is 0.0582. The lowest BCUT2D eigenvalue weighted by atomic mass is 9.96. The normalized spacial score (nSPS) is 16.6. The third kappa shape index (κ3) is 5.89. The van der Waals surface area contributed by atoms with Crippen molar-refractivity contribution >= 4 is 21.6 Å². The maximum atomic E-state index is 13.0. The highest BCUT2D eigenvalue weighted by Crippen LogP contribution is 2.31. The molecule has 1 fully saturated rings. The molecule has 4 rings (SSSR count). The SMILES string of the molecule is CN(CC(=O)Nc1ccc(S(=O)(=O)N(C)C2CCCCC2)cc1)Cc1ccc2c(c1)OCCO2. The van der Waals surface area contributed by atoms with Crippen LogP contribution in [0.25, 0.3) is 0 Å². The number of sulfonamides is 1. The number of ether oxygens (including phenoxy) is 2. The highest BCUT2D eigenvalue weighted by molar-refractivity contribution is 7.89. The summed E-state index contributed by atoms with van der Waals surface area (Å²) in [6, 6.07) is 12.2. The van der Waals surface area contributed by atoms with Gasteiger partial charge >= 0.3 is 0 Å². The molecule has 0 radical (unpaired) electrons. The highest BCUT2D eigenvalue weighted by Gasteiger charge is 2.29. The summed E-state index contributed by atoms with van der Waals surface area (Å²) in [5.41, 5.74) is 1.59. The van der Waals surface area contributed by atoms with Crippen LogP contribution in [0, 0.1) is 0 Å². The number of nitrogens with zero attached hydrogens (tertiary/aromatic N) is 2. The van der Waals surface area contributed by atoms with E-state index in [0.717, 1.165) is 42.7 Å². The Balaban J connectivity index is 1.31. The first kappa shape index (κ1) is 24.5. The van der Waals surface area contributed by atoms with E-state index < -0.39 is 10.0 Å². The Kier molecular flexibility index (Phi) is 7.75. The molecule has 0 saturated heterocycles. The van der Waals surface area contributed by atoms with E-state index >= 15 is 0 Å². The van der Waals surface area contributed by atoms with E-state index in [2.05, 4.69) is 5.32 Å². The molecular formula is C25H33N3O5S. The zero-order valence-corrected chi connectivity index (χ0v) is 20.6. The van der Waals surface area contributed by atoms with E-state index in [4.69, 9.17) is 9.47 Å². The van der Waals surface area contributed by atoms with Gasteiger partial charge in [0.2, 0.25) is 15.9 Å². The number of anilines is 1. The van der Waals surface area contributed by atoms with Gasteiger partial charge in [-0.3, -0.25) is 9.69 Å². The van der Waals surface area contributed by atoms with Gasteiger partial charge in [-0.15, -0.1) is 0 Å². The third-order valence-electron chi connectivity index (χ3n) is 6.38. The molecule has 2 aliphatic rings. The Morgan fingerprint density at radius 2 is 1.65 bits per heavy atom. The van der Waals surface area contributed by atoms with Crippen molar-refractivity contribution in [3.63, 3.8) is 0 Å². The molecule has 184 valence electrons. The van der Waals surface area contributed by atoms with Gasteiger partial charge in [0.1, 0.15) is 13.2 Å². The second-order valence-electron chi connectivity index (χ2n) is 9.04. The Bertz CT molecular complexity index is 1100. The number of benzene rings is 2. The first-order valence-corrected chi connectivity index (χ1v) is 13.2. The van der Waals surface area contributed by atoms with E-state index in [0.29, 0.717) is 25.4 Å². The molecule has 0 bridgehead atoms. The van der Waals surface area contributed by atoms with Gasteiger partial charge < -0.3 is 14.8 Å². The van der Waals surface area contributed by atoms with Gasteiger partial charge in [0.25, 0.3) is 0 Å². The number of nitrogens with one attached hydrogen (secondary N) is 1. The fraction of sp³-hybridized carbons (Fsp3) is 0.480. The van der Waals surface area contributed by atoms with Crippen molar-refractivity contribution in [2.45, 2.75) is 49.6 Å². The summed E-state index contributed by atoms with van der Waals surface area (Å²) in [6.45, 7) is 1.86. The fourth-order valence-electron chi connectivity index (χ4n) is 4.52. The number of hydrogen-bond acceptors (Lipinski definition) is 6. The van der Waals surface area contributed by atoms with Gasteiger partial charge in [-0.25, -0.2) is 8.42 Å². The minimum atomic E-state index is -3.55. The van der Waals surface area contributed by atoms with Crippen molar-refractivity contribution in [2.24, 2.45) is 0 Å². The van der Waals surface area contributed by atoms with Crippen molar-refractivity contribution in [2.75, 3.05) is 39.2 Å². The lowest BCUT2D eigenvalue weighted by Gasteiger charge is -2.30. The maximum Gasteiger partial charge on any atom is 0.243 e. The number of carbonyl (C=O) groups is 1. The Morgan fingerprint density at radius 1 is 0.971 bits per heavy atom. The topological polar surface area (TPSA) is 88.2 Å². The van der Waals surface area contributed by atoms with E-state index in [1.54, 1.807) is 31.3 Å². The van der Waals surface area contributed by atoms with Gasteiger partial charge in [0, 0.05) is 25.3 Å². The summed E-state index contributed by atoms with van der Waals surface area (Å²) < 4.78 is 38.6. The Labute approximate surface area is 201 Å². The van der Waals surface area contributed by atoms with Crippen LogP contribution < -0.4 is 14.8 Å². The molecular weight excluding hydrogens is 454 g/mol. The van der Waals surface area contributed by atoms with E-state index in [1.165, 1.54) is 10.7 Å². The number of rotatable bonds is 8. The van der Waals surface area contributed by atoms with Gasteiger partial charge in [-0.1, -0.05) is 25.3 Å². The van der Waals surface area contributed by atoms with Crippen molar-refractivity contribution < 1.29 is 22.7 Å². The molecule has 1 saturated carbocycles. The molecule has 1 aliphatic carbocycles. The van der Waals surface area contributed by atoms with Crippen LogP contribution in [0.5, 0.6) is 11.5 Å². The van der Waals surface area contributed by atoms with Crippen LogP contribution in [-0.2, 0) is 21.4 Å².